The van der Waals surface area contributed by atoms with E-state index in [1.54, 1.807) is 18.6 Å². The van der Waals surface area contributed by atoms with Gasteiger partial charge in [0, 0.05) is 12.4 Å². The third-order valence-corrected chi connectivity index (χ3v) is 1.94. The SMILES string of the molecule is Cc1cnc2nc3nccnc3nc2n1. The van der Waals surface area contributed by atoms with Crippen LogP contribution in [0.3, 0.4) is 0 Å². The van der Waals surface area contributed by atoms with Gasteiger partial charge in [-0.05, 0) is 6.92 Å². The lowest BCUT2D eigenvalue weighted by Crippen LogP contribution is -1.96. The van der Waals surface area contributed by atoms with Crippen LogP contribution in [0.1, 0.15) is 5.69 Å². The molecule has 0 aliphatic carbocycles. The fraction of sp³-hybridized carbons (Fsp3) is 0.111. The Morgan fingerprint density at radius 3 is 2.07 bits per heavy atom. The van der Waals surface area contributed by atoms with E-state index in [0.717, 1.165) is 5.69 Å². The Kier molecular flexibility index (Phi) is 1.55. The summed E-state index contributed by atoms with van der Waals surface area (Å²) in [6.45, 7) is 1.86. The molecule has 0 bridgehead atoms. The molecule has 6 heteroatoms. The highest BCUT2D eigenvalue weighted by molar-refractivity contribution is 5.76. The summed E-state index contributed by atoms with van der Waals surface area (Å²) in [6.07, 6.45) is 4.80. The van der Waals surface area contributed by atoms with Crippen molar-refractivity contribution >= 4 is 22.6 Å². The predicted molar refractivity (Wildman–Crippen MR) is 53.0 cm³/mol. The van der Waals surface area contributed by atoms with Crippen molar-refractivity contribution in [2.24, 2.45) is 0 Å². The molecular weight excluding hydrogens is 192 g/mol. The molecule has 0 atom stereocenters. The molecule has 3 heterocycles. The molecule has 3 aromatic rings. The maximum atomic E-state index is 4.23. The van der Waals surface area contributed by atoms with Crippen molar-refractivity contribution in [3.8, 4) is 0 Å². The van der Waals surface area contributed by atoms with E-state index in [1.807, 2.05) is 6.92 Å². The number of hydrogen-bond acceptors (Lipinski definition) is 6. The summed E-state index contributed by atoms with van der Waals surface area (Å²) < 4.78 is 0. The van der Waals surface area contributed by atoms with E-state index in [9.17, 15) is 0 Å². The van der Waals surface area contributed by atoms with Crippen LogP contribution >= 0.6 is 0 Å². The first-order valence-electron chi connectivity index (χ1n) is 4.41. The molecule has 15 heavy (non-hydrogen) atoms. The van der Waals surface area contributed by atoms with Gasteiger partial charge in [-0.1, -0.05) is 0 Å². The molecule has 0 aromatic carbocycles. The molecule has 0 saturated heterocycles. The van der Waals surface area contributed by atoms with Crippen molar-refractivity contribution in [2.75, 3.05) is 0 Å². The second-order valence-electron chi connectivity index (χ2n) is 3.09. The van der Waals surface area contributed by atoms with Gasteiger partial charge in [0.15, 0.2) is 22.6 Å². The van der Waals surface area contributed by atoms with Gasteiger partial charge in [-0.15, -0.1) is 0 Å². The molecule has 3 aromatic heterocycles. The number of aryl methyl sites for hydroxylation is 1. The zero-order valence-electron chi connectivity index (χ0n) is 7.92. The van der Waals surface area contributed by atoms with Crippen LogP contribution in [0.4, 0.5) is 0 Å². The topological polar surface area (TPSA) is 77.3 Å². The van der Waals surface area contributed by atoms with Crippen molar-refractivity contribution in [3.05, 3.63) is 24.3 Å². The Balaban J connectivity index is 2.47. The van der Waals surface area contributed by atoms with Gasteiger partial charge in [0.05, 0.1) is 11.9 Å². The van der Waals surface area contributed by atoms with Crippen molar-refractivity contribution in [2.45, 2.75) is 6.92 Å². The lowest BCUT2D eigenvalue weighted by molar-refractivity contribution is 1.10. The van der Waals surface area contributed by atoms with Gasteiger partial charge in [-0.3, -0.25) is 0 Å². The van der Waals surface area contributed by atoms with Gasteiger partial charge in [-0.25, -0.2) is 29.9 Å². The Bertz CT molecular complexity index is 650. The quantitative estimate of drug-likeness (QED) is 0.494. The molecule has 6 nitrogen and oxygen atoms in total. The first-order chi connectivity index (χ1) is 7.33. The average Bonchev–Trinajstić information content (AvgIpc) is 2.26. The number of nitrogens with zero attached hydrogens (tertiary/aromatic N) is 6. The van der Waals surface area contributed by atoms with Crippen molar-refractivity contribution < 1.29 is 0 Å². The van der Waals surface area contributed by atoms with Gasteiger partial charge in [-0.2, -0.15) is 0 Å². The smallest absolute Gasteiger partial charge is 0.200 e. The zero-order valence-corrected chi connectivity index (χ0v) is 7.92. The lowest BCUT2D eigenvalue weighted by atomic mass is 10.5. The lowest BCUT2D eigenvalue weighted by Gasteiger charge is -1.97. The van der Waals surface area contributed by atoms with Gasteiger partial charge in [0.25, 0.3) is 0 Å². The first-order valence-corrected chi connectivity index (χ1v) is 4.41. The third kappa shape index (κ3) is 1.26. The third-order valence-electron chi connectivity index (χ3n) is 1.94. The van der Waals surface area contributed by atoms with Crippen LogP contribution in [0.15, 0.2) is 18.6 Å². The number of hydrogen-bond donors (Lipinski definition) is 0. The van der Waals surface area contributed by atoms with E-state index in [4.69, 9.17) is 0 Å². The Morgan fingerprint density at radius 2 is 1.33 bits per heavy atom. The monoisotopic (exact) mass is 198 g/mol. The Morgan fingerprint density at radius 1 is 0.733 bits per heavy atom. The summed E-state index contributed by atoms with van der Waals surface area (Å²) in [5.41, 5.74) is 2.78. The highest BCUT2D eigenvalue weighted by Crippen LogP contribution is 2.08. The highest BCUT2D eigenvalue weighted by atomic mass is 15.1. The fourth-order valence-electron chi connectivity index (χ4n) is 1.29. The van der Waals surface area contributed by atoms with Gasteiger partial charge in [0.2, 0.25) is 0 Å². The normalized spacial score (nSPS) is 11.0. The van der Waals surface area contributed by atoms with Gasteiger partial charge in [0.1, 0.15) is 0 Å². The van der Waals surface area contributed by atoms with Crippen molar-refractivity contribution in [1.82, 2.24) is 29.9 Å². The van der Waals surface area contributed by atoms with Crippen LogP contribution < -0.4 is 0 Å². The first kappa shape index (κ1) is 8.10. The van der Waals surface area contributed by atoms with E-state index in [1.165, 1.54) is 0 Å². The molecule has 72 valence electrons. The summed E-state index contributed by atoms with van der Waals surface area (Å²) in [5, 5.41) is 0. The van der Waals surface area contributed by atoms with Crippen LogP contribution in [-0.2, 0) is 0 Å². The van der Waals surface area contributed by atoms with Crippen LogP contribution in [0, 0.1) is 6.92 Å². The van der Waals surface area contributed by atoms with Crippen LogP contribution in [-0.4, -0.2) is 29.9 Å². The molecule has 0 fully saturated rings. The van der Waals surface area contributed by atoms with Crippen LogP contribution in [0.5, 0.6) is 0 Å². The number of aromatic nitrogens is 6. The molecular formula is C9H6N6. The fourth-order valence-corrected chi connectivity index (χ4v) is 1.29. The maximum Gasteiger partial charge on any atom is 0.200 e. The second-order valence-corrected chi connectivity index (χ2v) is 3.09. The standard InChI is InChI=1S/C9H6N6/c1-5-4-12-8-9(13-5)15-7-6(14-8)10-2-3-11-7/h2-4H,1H3. The summed E-state index contributed by atoms with van der Waals surface area (Å²) in [7, 11) is 0. The van der Waals surface area contributed by atoms with Crippen molar-refractivity contribution in [3.63, 3.8) is 0 Å². The predicted octanol–water partition coefficient (Wildman–Crippen LogP) is 0.671. The molecule has 0 spiro atoms. The molecule has 0 aliphatic heterocycles. The van der Waals surface area contributed by atoms with Gasteiger partial charge < -0.3 is 0 Å². The van der Waals surface area contributed by atoms with E-state index in [-0.39, 0.29) is 0 Å². The van der Waals surface area contributed by atoms with Gasteiger partial charge >= 0.3 is 0 Å². The summed E-state index contributed by atoms with van der Waals surface area (Å²) in [5.74, 6) is 0. The summed E-state index contributed by atoms with van der Waals surface area (Å²) in [4.78, 5) is 24.9. The molecule has 0 saturated carbocycles. The highest BCUT2D eigenvalue weighted by Gasteiger charge is 2.04. The maximum absolute atomic E-state index is 4.23. The van der Waals surface area contributed by atoms with Crippen molar-refractivity contribution in [1.29, 1.82) is 0 Å². The van der Waals surface area contributed by atoms with E-state index in [2.05, 4.69) is 29.9 Å². The minimum absolute atomic E-state index is 0.489. The molecule has 0 amide bonds. The van der Waals surface area contributed by atoms with E-state index in [0.29, 0.717) is 22.6 Å². The second kappa shape index (κ2) is 2.88. The van der Waals surface area contributed by atoms with E-state index < -0.39 is 0 Å². The molecule has 0 aliphatic rings. The van der Waals surface area contributed by atoms with Crippen LogP contribution in [0.25, 0.3) is 22.6 Å². The molecule has 0 radical (unpaired) electrons. The minimum Gasteiger partial charge on any atom is -0.232 e. The Labute approximate surface area is 84.5 Å². The largest absolute Gasteiger partial charge is 0.232 e. The molecule has 3 rings (SSSR count). The summed E-state index contributed by atoms with van der Waals surface area (Å²) >= 11 is 0. The average molecular weight is 198 g/mol. The molecule has 0 N–H and O–H groups in total. The summed E-state index contributed by atoms with van der Waals surface area (Å²) in [6, 6.07) is 0. The zero-order chi connectivity index (χ0) is 10.3. The number of fused-ring (bicyclic) bond motifs is 2. The molecule has 0 unspecified atom stereocenters. The van der Waals surface area contributed by atoms with E-state index >= 15 is 0 Å². The Hall–Kier alpha value is -2.24. The minimum atomic E-state index is 0.489. The number of rotatable bonds is 0. The van der Waals surface area contributed by atoms with Crippen LogP contribution in [0.2, 0.25) is 0 Å².